The third-order valence-electron chi connectivity index (χ3n) is 4.82. The summed E-state index contributed by atoms with van der Waals surface area (Å²) in [7, 11) is 0. The molecule has 0 saturated carbocycles. The van der Waals surface area contributed by atoms with Crippen molar-refractivity contribution in [2.45, 2.75) is 32.5 Å². The third-order valence-corrected chi connectivity index (χ3v) is 4.82. The molecule has 6 nitrogen and oxygen atoms in total. The zero-order valence-electron chi connectivity index (χ0n) is 16.3. The Morgan fingerprint density at radius 1 is 1.38 bits per heavy atom. The highest BCUT2D eigenvalue weighted by atomic mass is 19.4. The van der Waals surface area contributed by atoms with Gasteiger partial charge in [-0.2, -0.15) is 13.2 Å². The van der Waals surface area contributed by atoms with Crippen LogP contribution in [0.25, 0.3) is 0 Å². The molecule has 162 valence electrons. The smallest absolute Gasteiger partial charge is 0.383 e. The van der Waals surface area contributed by atoms with Gasteiger partial charge in [-0.3, -0.25) is 4.79 Å². The van der Waals surface area contributed by atoms with Crippen LogP contribution in [0.15, 0.2) is 30.5 Å². The maximum atomic E-state index is 13.5. The van der Waals surface area contributed by atoms with Crippen molar-refractivity contribution in [2.75, 3.05) is 30.3 Å². The summed E-state index contributed by atoms with van der Waals surface area (Å²) in [6, 6.07) is 5.25. The summed E-state index contributed by atoms with van der Waals surface area (Å²) in [5.41, 5.74) is 3.87. The fraction of sp³-hybridized carbons (Fsp3) is 0.450. The standard InChI is InChI=1S/C20H24F3N5O.3H2/c1-12(2)10-13-11-28(9-8-25-13)16-6-5-15(20(21,22)23)17(27-16)18(29)14-4-3-7-26-19(14)24;;;/h3-7,12-13,25H,8-11H2,1-2H3,(H2,24,26);3*1H/t13-;;;/m0.../s1. The summed E-state index contributed by atoms with van der Waals surface area (Å²) in [6.07, 6.45) is -2.40. The summed E-state index contributed by atoms with van der Waals surface area (Å²) in [4.78, 5) is 22.7. The topological polar surface area (TPSA) is 84.1 Å². The highest BCUT2D eigenvalue weighted by molar-refractivity contribution is 6.11. The number of nitrogen functional groups attached to an aromatic ring is 1. The molecule has 0 radical (unpaired) electrons. The van der Waals surface area contributed by atoms with Crippen molar-refractivity contribution in [3.63, 3.8) is 0 Å². The van der Waals surface area contributed by atoms with Crippen LogP contribution in [-0.4, -0.2) is 41.4 Å². The lowest BCUT2D eigenvalue weighted by Gasteiger charge is -2.35. The Kier molecular flexibility index (Phi) is 6.07. The molecule has 1 aliphatic heterocycles. The summed E-state index contributed by atoms with van der Waals surface area (Å²) >= 11 is 0. The number of piperazine rings is 1. The molecule has 3 N–H and O–H groups in total. The number of nitrogens with zero attached hydrogens (tertiary/aromatic N) is 3. The van der Waals surface area contributed by atoms with Gasteiger partial charge in [0, 0.05) is 36.2 Å². The van der Waals surface area contributed by atoms with E-state index in [0.29, 0.717) is 31.4 Å². The average Bonchev–Trinajstić information content (AvgIpc) is 2.66. The van der Waals surface area contributed by atoms with Crippen molar-refractivity contribution in [3.8, 4) is 0 Å². The zero-order chi connectivity index (χ0) is 21.2. The number of hydrogen-bond acceptors (Lipinski definition) is 6. The second-order valence-corrected chi connectivity index (χ2v) is 7.56. The maximum absolute atomic E-state index is 13.5. The predicted molar refractivity (Wildman–Crippen MR) is 111 cm³/mol. The lowest BCUT2D eigenvalue weighted by Crippen LogP contribution is -2.51. The molecule has 0 aliphatic carbocycles. The van der Waals surface area contributed by atoms with Gasteiger partial charge in [0.05, 0.1) is 11.1 Å². The SMILES string of the molecule is CC(C)C[C@H]1CN(c2ccc(C(F)(F)F)c(C(=O)c3cccnc3N)n2)CCN1.[HH].[HH].[HH]. The van der Waals surface area contributed by atoms with Gasteiger partial charge in [-0.1, -0.05) is 13.8 Å². The lowest BCUT2D eigenvalue weighted by molar-refractivity contribution is -0.138. The first-order valence-electron chi connectivity index (χ1n) is 9.48. The molecule has 3 heterocycles. The maximum Gasteiger partial charge on any atom is 0.418 e. The van der Waals surface area contributed by atoms with Gasteiger partial charge in [0.25, 0.3) is 0 Å². The van der Waals surface area contributed by atoms with Gasteiger partial charge in [0.1, 0.15) is 17.3 Å². The van der Waals surface area contributed by atoms with Crippen molar-refractivity contribution in [1.29, 1.82) is 0 Å². The lowest BCUT2D eigenvalue weighted by atomic mass is 10.0. The molecule has 3 rings (SSSR count). The van der Waals surface area contributed by atoms with E-state index in [0.717, 1.165) is 12.5 Å². The Balaban J connectivity index is 0.00000320. The average molecular weight is 413 g/mol. The van der Waals surface area contributed by atoms with Crippen LogP contribution in [0, 0.1) is 5.92 Å². The Labute approximate surface area is 171 Å². The quantitative estimate of drug-likeness (QED) is 0.724. The minimum Gasteiger partial charge on any atom is -0.383 e. The monoisotopic (exact) mass is 413 g/mol. The molecule has 1 aliphatic rings. The molecule has 0 amide bonds. The molecular formula is C20H30F3N5O. The number of hydrogen-bond donors (Lipinski definition) is 2. The molecular weight excluding hydrogens is 383 g/mol. The molecule has 0 spiro atoms. The predicted octanol–water partition coefficient (Wildman–Crippen LogP) is 3.87. The molecule has 0 aromatic carbocycles. The van der Waals surface area contributed by atoms with Gasteiger partial charge in [-0.05, 0) is 36.6 Å². The Hall–Kier alpha value is -2.68. The molecule has 2 aromatic heterocycles. The minimum absolute atomic E-state index is 0. The number of rotatable bonds is 5. The number of halogens is 3. The fourth-order valence-corrected chi connectivity index (χ4v) is 3.52. The molecule has 0 bridgehead atoms. The molecule has 29 heavy (non-hydrogen) atoms. The van der Waals surface area contributed by atoms with Crippen LogP contribution >= 0.6 is 0 Å². The van der Waals surface area contributed by atoms with Crippen molar-refractivity contribution >= 4 is 17.4 Å². The Morgan fingerprint density at radius 2 is 2.14 bits per heavy atom. The van der Waals surface area contributed by atoms with E-state index in [1.165, 1.54) is 24.4 Å². The fourth-order valence-electron chi connectivity index (χ4n) is 3.52. The summed E-state index contributed by atoms with van der Waals surface area (Å²) in [5.74, 6) is -0.187. The van der Waals surface area contributed by atoms with Gasteiger partial charge in [0.2, 0.25) is 5.78 Å². The number of aromatic nitrogens is 2. The molecule has 1 atom stereocenters. The number of anilines is 2. The van der Waals surface area contributed by atoms with E-state index in [9.17, 15) is 18.0 Å². The minimum atomic E-state index is -4.71. The highest BCUT2D eigenvalue weighted by Gasteiger charge is 2.37. The van der Waals surface area contributed by atoms with E-state index in [2.05, 4.69) is 29.1 Å². The van der Waals surface area contributed by atoms with Gasteiger partial charge >= 0.3 is 6.18 Å². The van der Waals surface area contributed by atoms with Crippen LogP contribution in [0.2, 0.25) is 0 Å². The number of carbonyl (C=O) groups is 1. The highest BCUT2D eigenvalue weighted by Crippen LogP contribution is 2.34. The molecule has 1 saturated heterocycles. The Bertz CT molecular complexity index is 899. The van der Waals surface area contributed by atoms with Gasteiger partial charge in [-0.25, -0.2) is 9.97 Å². The number of nitrogens with two attached hydrogens (primary N) is 1. The van der Waals surface area contributed by atoms with Crippen LogP contribution in [-0.2, 0) is 6.18 Å². The number of ketones is 1. The summed E-state index contributed by atoms with van der Waals surface area (Å²) < 4.78 is 40.6. The first kappa shape index (κ1) is 21.0. The first-order valence-corrected chi connectivity index (χ1v) is 9.48. The summed E-state index contributed by atoms with van der Waals surface area (Å²) in [6.45, 7) is 6.13. The van der Waals surface area contributed by atoms with Crippen LogP contribution in [0.5, 0.6) is 0 Å². The van der Waals surface area contributed by atoms with Crippen molar-refractivity contribution in [2.24, 2.45) is 5.92 Å². The van der Waals surface area contributed by atoms with Gasteiger partial charge in [-0.15, -0.1) is 0 Å². The van der Waals surface area contributed by atoms with Crippen LogP contribution in [0.1, 0.15) is 46.2 Å². The third kappa shape index (κ3) is 4.84. The van der Waals surface area contributed by atoms with Crippen LogP contribution in [0.4, 0.5) is 24.8 Å². The van der Waals surface area contributed by atoms with Crippen LogP contribution in [0.3, 0.4) is 0 Å². The second kappa shape index (κ2) is 8.36. The first-order chi connectivity index (χ1) is 13.7. The number of alkyl halides is 3. The molecule has 1 fully saturated rings. The van der Waals surface area contributed by atoms with E-state index < -0.39 is 23.2 Å². The van der Waals surface area contributed by atoms with E-state index in [4.69, 9.17) is 5.73 Å². The molecule has 2 aromatic rings. The number of nitrogens with one attached hydrogen (secondary N) is 1. The second-order valence-electron chi connectivity index (χ2n) is 7.56. The van der Waals surface area contributed by atoms with E-state index in [1.54, 1.807) is 0 Å². The molecule has 0 unspecified atom stereocenters. The van der Waals surface area contributed by atoms with Crippen molar-refractivity contribution in [3.05, 3.63) is 47.3 Å². The van der Waals surface area contributed by atoms with Crippen molar-refractivity contribution in [1.82, 2.24) is 15.3 Å². The van der Waals surface area contributed by atoms with Crippen LogP contribution < -0.4 is 16.0 Å². The van der Waals surface area contributed by atoms with Crippen molar-refractivity contribution < 1.29 is 22.2 Å². The van der Waals surface area contributed by atoms with E-state index in [-0.39, 0.29) is 21.7 Å². The number of carbonyl (C=O) groups excluding carboxylic acids is 1. The Morgan fingerprint density at radius 3 is 2.79 bits per heavy atom. The molecule has 9 heteroatoms. The van der Waals surface area contributed by atoms with E-state index >= 15 is 0 Å². The van der Waals surface area contributed by atoms with Gasteiger partial charge < -0.3 is 16.0 Å². The summed E-state index contributed by atoms with van der Waals surface area (Å²) in [5, 5.41) is 3.42. The zero-order valence-corrected chi connectivity index (χ0v) is 16.3. The largest absolute Gasteiger partial charge is 0.418 e. The number of pyridine rings is 2. The van der Waals surface area contributed by atoms with Gasteiger partial charge in [0.15, 0.2) is 0 Å². The van der Waals surface area contributed by atoms with E-state index in [1.807, 2.05) is 4.90 Å². The normalized spacial score (nSPS) is 17.6.